The summed E-state index contributed by atoms with van der Waals surface area (Å²) < 4.78 is 24.7. The normalized spacial score (nSPS) is 15.6. The van der Waals surface area contributed by atoms with E-state index in [4.69, 9.17) is 5.11 Å². The maximum atomic E-state index is 12.4. The molecule has 0 bridgehead atoms. The SMILES string of the molecule is O=C(Nc1ccc(C(=O)O)c(O)c1)c1cccc(N2C(=O)CCS2(=O)=O)c1. The third kappa shape index (κ3) is 3.60. The fraction of sp³-hybridized carbons (Fsp3) is 0.118. The molecule has 2 aromatic carbocycles. The lowest BCUT2D eigenvalue weighted by molar-refractivity contribution is -0.116. The molecule has 2 amide bonds. The molecule has 1 aliphatic heterocycles. The van der Waals surface area contributed by atoms with Crippen molar-refractivity contribution in [1.82, 2.24) is 0 Å². The number of anilines is 2. The van der Waals surface area contributed by atoms with Crippen LogP contribution in [-0.2, 0) is 14.8 Å². The topological polar surface area (TPSA) is 141 Å². The lowest BCUT2D eigenvalue weighted by atomic mass is 10.1. The number of carbonyl (C=O) groups excluding carboxylic acids is 2. The molecule has 2 aromatic rings. The van der Waals surface area contributed by atoms with Crippen molar-refractivity contribution in [3.63, 3.8) is 0 Å². The molecule has 3 N–H and O–H groups in total. The zero-order chi connectivity index (χ0) is 19.8. The lowest BCUT2D eigenvalue weighted by Crippen LogP contribution is -2.29. The predicted molar refractivity (Wildman–Crippen MR) is 95.4 cm³/mol. The van der Waals surface area contributed by atoms with Gasteiger partial charge in [-0.2, -0.15) is 0 Å². The van der Waals surface area contributed by atoms with Gasteiger partial charge >= 0.3 is 5.97 Å². The number of rotatable bonds is 4. The number of nitrogens with one attached hydrogen (secondary N) is 1. The summed E-state index contributed by atoms with van der Waals surface area (Å²) in [5.74, 6) is -3.29. The molecule has 0 spiro atoms. The molecule has 0 unspecified atom stereocenters. The molecule has 1 saturated heterocycles. The van der Waals surface area contributed by atoms with Gasteiger partial charge in [-0.05, 0) is 30.3 Å². The summed E-state index contributed by atoms with van der Waals surface area (Å²) in [5, 5.41) is 21.0. The Balaban J connectivity index is 1.85. The summed E-state index contributed by atoms with van der Waals surface area (Å²) in [6.45, 7) is 0. The van der Waals surface area contributed by atoms with Crippen molar-refractivity contribution in [2.45, 2.75) is 6.42 Å². The molecule has 27 heavy (non-hydrogen) atoms. The van der Waals surface area contributed by atoms with Crippen LogP contribution in [0.25, 0.3) is 0 Å². The molecule has 0 aromatic heterocycles. The minimum atomic E-state index is -3.75. The summed E-state index contributed by atoms with van der Waals surface area (Å²) in [6, 6.07) is 9.07. The number of phenols is 1. The Morgan fingerprint density at radius 3 is 2.44 bits per heavy atom. The highest BCUT2D eigenvalue weighted by Gasteiger charge is 2.36. The van der Waals surface area contributed by atoms with Crippen LogP contribution in [0.5, 0.6) is 5.75 Å². The van der Waals surface area contributed by atoms with Crippen molar-refractivity contribution in [3.05, 3.63) is 53.6 Å². The highest BCUT2D eigenvalue weighted by Crippen LogP contribution is 2.27. The number of aromatic carboxylic acids is 1. The molecule has 1 heterocycles. The van der Waals surface area contributed by atoms with Gasteiger partial charge in [-0.3, -0.25) is 9.59 Å². The number of amides is 2. The summed E-state index contributed by atoms with van der Waals surface area (Å²) in [6.07, 6.45) is -0.117. The number of carboxylic acids is 1. The van der Waals surface area contributed by atoms with Crippen LogP contribution in [-0.4, -0.2) is 42.2 Å². The number of carboxylic acid groups (broad SMARTS) is 1. The van der Waals surface area contributed by atoms with Crippen molar-refractivity contribution in [2.75, 3.05) is 15.4 Å². The fourth-order valence-electron chi connectivity index (χ4n) is 2.64. The number of aromatic hydroxyl groups is 1. The third-order valence-corrected chi connectivity index (χ3v) is 5.60. The Morgan fingerprint density at radius 1 is 1.11 bits per heavy atom. The first-order valence-electron chi connectivity index (χ1n) is 7.72. The molecule has 0 aliphatic carbocycles. The third-order valence-electron chi connectivity index (χ3n) is 3.91. The molecule has 3 rings (SSSR count). The van der Waals surface area contributed by atoms with Gasteiger partial charge < -0.3 is 15.5 Å². The van der Waals surface area contributed by atoms with Crippen LogP contribution in [0.15, 0.2) is 42.5 Å². The molecule has 10 heteroatoms. The maximum absolute atomic E-state index is 12.4. The Bertz CT molecular complexity index is 1060. The number of benzene rings is 2. The van der Waals surface area contributed by atoms with Gasteiger partial charge in [0.05, 0.1) is 11.4 Å². The molecule has 1 fully saturated rings. The van der Waals surface area contributed by atoms with Gasteiger partial charge in [0, 0.05) is 23.7 Å². The summed E-state index contributed by atoms with van der Waals surface area (Å²) in [4.78, 5) is 35.1. The van der Waals surface area contributed by atoms with E-state index in [0.29, 0.717) is 4.31 Å². The molecule has 140 valence electrons. The van der Waals surface area contributed by atoms with Crippen LogP contribution in [0.2, 0.25) is 0 Å². The van der Waals surface area contributed by atoms with E-state index in [9.17, 15) is 27.9 Å². The number of nitrogens with zero attached hydrogens (tertiary/aromatic N) is 1. The minimum Gasteiger partial charge on any atom is -0.507 e. The van der Waals surface area contributed by atoms with Crippen LogP contribution in [0.1, 0.15) is 27.1 Å². The zero-order valence-electron chi connectivity index (χ0n) is 13.7. The first kappa shape index (κ1) is 18.4. The van der Waals surface area contributed by atoms with E-state index in [1.807, 2.05) is 0 Å². The number of hydrogen-bond donors (Lipinski definition) is 3. The van der Waals surface area contributed by atoms with Crippen molar-refractivity contribution in [2.24, 2.45) is 0 Å². The van der Waals surface area contributed by atoms with Crippen LogP contribution in [0.3, 0.4) is 0 Å². The molecular weight excluding hydrogens is 376 g/mol. The molecule has 0 radical (unpaired) electrons. The van der Waals surface area contributed by atoms with E-state index < -0.39 is 33.6 Å². The lowest BCUT2D eigenvalue weighted by Gasteiger charge is -2.16. The first-order valence-corrected chi connectivity index (χ1v) is 9.33. The zero-order valence-corrected chi connectivity index (χ0v) is 14.6. The van der Waals surface area contributed by atoms with Gasteiger partial charge in [-0.1, -0.05) is 6.07 Å². The van der Waals surface area contributed by atoms with Crippen molar-refractivity contribution >= 4 is 39.2 Å². The van der Waals surface area contributed by atoms with E-state index in [0.717, 1.165) is 12.1 Å². The molecule has 9 nitrogen and oxygen atoms in total. The van der Waals surface area contributed by atoms with E-state index in [-0.39, 0.29) is 34.7 Å². The van der Waals surface area contributed by atoms with Crippen LogP contribution in [0.4, 0.5) is 11.4 Å². The van der Waals surface area contributed by atoms with Gasteiger partial charge in [-0.15, -0.1) is 0 Å². The quantitative estimate of drug-likeness (QED) is 0.716. The Labute approximate surface area is 153 Å². The van der Waals surface area contributed by atoms with Gasteiger partial charge in [0.25, 0.3) is 5.91 Å². The fourth-order valence-corrected chi connectivity index (χ4v) is 4.09. The van der Waals surface area contributed by atoms with Crippen LogP contribution >= 0.6 is 0 Å². The monoisotopic (exact) mass is 390 g/mol. The van der Waals surface area contributed by atoms with Crippen LogP contribution < -0.4 is 9.62 Å². The Morgan fingerprint density at radius 2 is 1.85 bits per heavy atom. The van der Waals surface area contributed by atoms with E-state index in [1.165, 1.54) is 30.3 Å². The maximum Gasteiger partial charge on any atom is 0.339 e. The highest BCUT2D eigenvalue weighted by molar-refractivity contribution is 7.94. The average Bonchev–Trinajstić information content (AvgIpc) is 2.87. The predicted octanol–water partition coefficient (Wildman–Crippen LogP) is 1.41. The summed E-state index contributed by atoms with van der Waals surface area (Å²) >= 11 is 0. The average molecular weight is 390 g/mol. The molecule has 0 atom stereocenters. The second-order valence-corrected chi connectivity index (χ2v) is 7.70. The first-order chi connectivity index (χ1) is 12.7. The number of carbonyl (C=O) groups is 3. The number of sulfonamides is 1. The summed E-state index contributed by atoms with van der Waals surface area (Å²) in [7, 11) is -3.75. The van der Waals surface area contributed by atoms with E-state index >= 15 is 0 Å². The largest absolute Gasteiger partial charge is 0.507 e. The minimum absolute atomic E-state index is 0.0641. The van der Waals surface area contributed by atoms with E-state index in [1.54, 1.807) is 0 Å². The number of hydrogen-bond acceptors (Lipinski definition) is 6. The van der Waals surface area contributed by atoms with Gasteiger partial charge in [0.15, 0.2) is 0 Å². The molecular formula is C17H14N2O7S. The second kappa shape index (κ2) is 6.72. The van der Waals surface area contributed by atoms with Crippen molar-refractivity contribution in [1.29, 1.82) is 0 Å². The molecule has 0 saturated carbocycles. The van der Waals surface area contributed by atoms with Crippen LogP contribution in [0, 0.1) is 0 Å². The van der Waals surface area contributed by atoms with Crippen molar-refractivity contribution < 1.29 is 33.0 Å². The Kier molecular flexibility index (Phi) is 4.58. The van der Waals surface area contributed by atoms with Gasteiger partial charge in [-0.25, -0.2) is 17.5 Å². The van der Waals surface area contributed by atoms with Gasteiger partial charge in [0.2, 0.25) is 15.9 Å². The van der Waals surface area contributed by atoms with Crippen molar-refractivity contribution in [3.8, 4) is 5.75 Å². The smallest absolute Gasteiger partial charge is 0.339 e. The summed E-state index contributed by atoms with van der Waals surface area (Å²) in [5.41, 5.74) is -0.0102. The standard InChI is InChI=1S/C17H14N2O7S/c20-14-9-11(4-5-13(14)17(23)24)18-16(22)10-2-1-3-12(8-10)19-15(21)6-7-27(19,25)26/h1-5,8-9,20H,6-7H2,(H,18,22)(H,23,24). The highest BCUT2D eigenvalue weighted by atomic mass is 32.2. The molecule has 1 aliphatic rings. The van der Waals surface area contributed by atoms with E-state index in [2.05, 4.69) is 5.32 Å². The Hall–Kier alpha value is -3.40. The second-order valence-electron chi connectivity index (χ2n) is 5.77. The van der Waals surface area contributed by atoms with Gasteiger partial charge in [0.1, 0.15) is 11.3 Å².